The van der Waals surface area contributed by atoms with E-state index in [4.69, 9.17) is 0 Å². The fourth-order valence-electron chi connectivity index (χ4n) is 2.04. The van der Waals surface area contributed by atoms with Gasteiger partial charge < -0.3 is 10.2 Å². The van der Waals surface area contributed by atoms with Crippen molar-refractivity contribution in [1.82, 2.24) is 4.90 Å². The third-order valence-electron chi connectivity index (χ3n) is 3.19. The summed E-state index contributed by atoms with van der Waals surface area (Å²) in [7, 11) is 0. The van der Waals surface area contributed by atoms with Gasteiger partial charge in [-0.15, -0.1) is 0 Å². The second-order valence-corrected chi connectivity index (χ2v) is 5.68. The van der Waals surface area contributed by atoms with Gasteiger partial charge in [0.25, 0.3) is 0 Å². The summed E-state index contributed by atoms with van der Waals surface area (Å²) in [5, 5.41) is 2.59. The Labute approximate surface area is 115 Å². The normalized spacial score (nSPS) is 18.1. The Bertz CT molecular complexity index is 494. The van der Waals surface area contributed by atoms with Gasteiger partial charge in [0.1, 0.15) is 0 Å². The van der Waals surface area contributed by atoms with Crippen LogP contribution in [0.5, 0.6) is 0 Å². The predicted octanol–water partition coefficient (Wildman–Crippen LogP) is 4.13. The Morgan fingerprint density at radius 3 is 2.30 bits per heavy atom. The summed E-state index contributed by atoms with van der Waals surface area (Å²) in [6.45, 7) is 6.50. The average Bonchev–Trinajstić information content (AvgIpc) is 2.69. The van der Waals surface area contributed by atoms with Crippen molar-refractivity contribution in [3.05, 3.63) is 36.4 Å². The Morgan fingerprint density at radius 1 is 1.25 bits per heavy atom. The van der Waals surface area contributed by atoms with Crippen LogP contribution in [-0.2, 0) is 6.18 Å². The van der Waals surface area contributed by atoms with Gasteiger partial charge >= 0.3 is 12.2 Å². The van der Waals surface area contributed by atoms with Crippen LogP contribution in [0.3, 0.4) is 0 Å². The number of benzene rings is 1. The number of rotatable bonds is 1. The Balaban J connectivity index is 1.99. The second-order valence-electron chi connectivity index (χ2n) is 5.68. The van der Waals surface area contributed by atoms with E-state index in [1.165, 1.54) is 12.1 Å². The van der Waals surface area contributed by atoms with Gasteiger partial charge in [-0.05, 0) is 36.1 Å². The summed E-state index contributed by atoms with van der Waals surface area (Å²) in [5.74, 6) is 0. The summed E-state index contributed by atoms with van der Waals surface area (Å²) in [6.07, 6.45) is -3.57. The van der Waals surface area contributed by atoms with Crippen molar-refractivity contribution in [3.8, 4) is 0 Å². The molecule has 1 saturated heterocycles. The maximum atomic E-state index is 12.4. The minimum absolute atomic E-state index is 0.0392. The summed E-state index contributed by atoms with van der Waals surface area (Å²) < 4.78 is 37.2. The molecule has 109 valence electrons. The summed E-state index contributed by atoms with van der Waals surface area (Å²) >= 11 is 0. The number of carbonyl (C=O) groups is 1. The number of hydrogen-bond donors (Lipinski definition) is 1. The van der Waals surface area contributed by atoms with E-state index in [1.807, 2.05) is 0 Å². The molecule has 0 saturated carbocycles. The summed E-state index contributed by atoms with van der Waals surface area (Å²) in [5.41, 5.74) is -0.345. The maximum Gasteiger partial charge on any atom is 0.416 e. The van der Waals surface area contributed by atoms with Crippen molar-refractivity contribution in [2.45, 2.75) is 26.4 Å². The van der Waals surface area contributed by atoms with E-state index in [1.54, 1.807) is 11.4 Å². The van der Waals surface area contributed by atoms with Crippen LogP contribution in [0.15, 0.2) is 24.3 Å². The third kappa shape index (κ3) is 3.43. The molecular weight excluding hydrogens is 269 g/mol. The van der Waals surface area contributed by atoms with Crippen LogP contribution < -0.4 is 5.32 Å². The molecule has 0 bridgehead atoms. The van der Waals surface area contributed by atoms with E-state index in [2.05, 4.69) is 19.2 Å². The molecule has 0 spiro atoms. The highest BCUT2D eigenvalue weighted by Crippen LogP contribution is 2.32. The first kappa shape index (κ1) is 14.7. The number of urea groups is 1. The van der Waals surface area contributed by atoms with E-state index in [0.29, 0.717) is 12.2 Å². The highest BCUT2D eigenvalue weighted by Gasteiger charge is 2.33. The molecule has 6 heteroatoms. The van der Waals surface area contributed by atoms with Gasteiger partial charge in [-0.2, -0.15) is 13.2 Å². The van der Waals surface area contributed by atoms with E-state index in [0.717, 1.165) is 18.6 Å². The molecule has 1 aromatic carbocycles. The average molecular weight is 285 g/mol. The number of alkyl halides is 3. The molecule has 1 aliphatic heterocycles. The van der Waals surface area contributed by atoms with Gasteiger partial charge in [-0.25, -0.2) is 4.79 Å². The standard InChI is InChI=1S/C14H16F3N2O/c1-13(2)7-8-19(9-13)12(20)18-11-5-3-10(4-6-11)14(15,16)17/h3-6,8H,7,9H2,1-2H3,(H,18,20). The van der Waals surface area contributed by atoms with Gasteiger partial charge in [0.05, 0.1) is 12.1 Å². The van der Waals surface area contributed by atoms with Crippen molar-refractivity contribution in [1.29, 1.82) is 0 Å². The SMILES string of the molecule is CC1(C)C[CH]N(C(=O)Nc2ccc(C(F)(F)F)cc2)C1. The number of halogens is 3. The zero-order chi connectivity index (χ0) is 15.0. The molecule has 3 nitrogen and oxygen atoms in total. The molecule has 2 amide bonds. The number of amides is 2. The van der Waals surface area contributed by atoms with Gasteiger partial charge in [-0.1, -0.05) is 13.8 Å². The first-order valence-corrected chi connectivity index (χ1v) is 6.26. The highest BCUT2D eigenvalue weighted by molar-refractivity contribution is 5.90. The zero-order valence-electron chi connectivity index (χ0n) is 11.3. The number of anilines is 1. The van der Waals surface area contributed by atoms with Crippen LogP contribution in [0.4, 0.5) is 23.7 Å². The first-order chi connectivity index (χ1) is 9.17. The molecule has 1 radical (unpaired) electrons. The smallest absolute Gasteiger partial charge is 0.319 e. The maximum absolute atomic E-state index is 12.4. The molecule has 1 N–H and O–H groups in total. The van der Waals surface area contributed by atoms with E-state index in [9.17, 15) is 18.0 Å². The molecule has 0 atom stereocenters. The minimum atomic E-state index is -4.37. The van der Waals surface area contributed by atoms with Crippen molar-refractivity contribution in [3.63, 3.8) is 0 Å². The largest absolute Gasteiger partial charge is 0.416 e. The molecule has 0 aromatic heterocycles. The molecule has 0 unspecified atom stereocenters. The van der Waals surface area contributed by atoms with Crippen LogP contribution in [0, 0.1) is 12.0 Å². The molecule has 20 heavy (non-hydrogen) atoms. The second kappa shape index (κ2) is 5.00. The highest BCUT2D eigenvalue weighted by atomic mass is 19.4. The molecular formula is C14H16F3N2O. The quantitative estimate of drug-likeness (QED) is 0.826. The van der Waals surface area contributed by atoms with Crippen LogP contribution >= 0.6 is 0 Å². The van der Waals surface area contributed by atoms with E-state index >= 15 is 0 Å². The monoisotopic (exact) mass is 285 g/mol. The Hall–Kier alpha value is -1.72. The number of nitrogens with zero attached hydrogens (tertiary/aromatic N) is 1. The van der Waals surface area contributed by atoms with E-state index in [-0.39, 0.29) is 11.4 Å². The lowest BCUT2D eigenvalue weighted by molar-refractivity contribution is -0.137. The Morgan fingerprint density at radius 2 is 1.85 bits per heavy atom. The topological polar surface area (TPSA) is 32.3 Å². The number of carbonyl (C=O) groups excluding carboxylic acids is 1. The molecule has 0 aliphatic carbocycles. The minimum Gasteiger partial charge on any atom is -0.319 e. The Kier molecular flexibility index (Phi) is 3.67. The van der Waals surface area contributed by atoms with Crippen LogP contribution in [0.1, 0.15) is 25.8 Å². The molecule has 1 fully saturated rings. The van der Waals surface area contributed by atoms with Crippen LogP contribution in [0.25, 0.3) is 0 Å². The molecule has 1 heterocycles. The third-order valence-corrected chi connectivity index (χ3v) is 3.19. The predicted molar refractivity (Wildman–Crippen MR) is 69.9 cm³/mol. The fourth-order valence-corrected chi connectivity index (χ4v) is 2.04. The van der Waals surface area contributed by atoms with Crippen molar-refractivity contribution in [2.24, 2.45) is 5.41 Å². The summed E-state index contributed by atoms with van der Waals surface area (Å²) in [4.78, 5) is 13.5. The van der Waals surface area contributed by atoms with E-state index < -0.39 is 11.7 Å². The first-order valence-electron chi connectivity index (χ1n) is 6.26. The molecule has 1 aromatic rings. The van der Waals surface area contributed by atoms with Gasteiger partial charge in [0.2, 0.25) is 0 Å². The van der Waals surface area contributed by atoms with Crippen LogP contribution in [0.2, 0.25) is 0 Å². The fraction of sp³-hybridized carbons (Fsp3) is 0.429. The number of hydrogen-bond acceptors (Lipinski definition) is 1. The van der Waals surface area contributed by atoms with Crippen molar-refractivity contribution < 1.29 is 18.0 Å². The van der Waals surface area contributed by atoms with Crippen molar-refractivity contribution in [2.75, 3.05) is 11.9 Å². The van der Waals surface area contributed by atoms with Crippen molar-refractivity contribution >= 4 is 11.7 Å². The van der Waals surface area contributed by atoms with Crippen LogP contribution in [-0.4, -0.2) is 17.5 Å². The number of nitrogens with one attached hydrogen (secondary N) is 1. The number of likely N-dealkylation sites (tertiary alicyclic amines) is 1. The zero-order valence-corrected chi connectivity index (χ0v) is 11.3. The van der Waals surface area contributed by atoms with Gasteiger partial charge in [-0.3, -0.25) is 0 Å². The lowest BCUT2D eigenvalue weighted by atomic mass is 9.93. The molecule has 2 rings (SSSR count). The lowest BCUT2D eigenvalue weighted by Crippen LogP contribution is -2.32. The van der Waals surface area contributed by atoms with Gasteiger partial charge in [0, 0.05) is 12.2 Å². The lowest BCUT2D eigenvalue weighted by Gasteiger charge is -2.20. The van der Waals surface area contributed by atoms with Gasteiger partial charge in [0.15, 0.2) is 0 Å². The molecule has 1 aliphatic rings. The summed E-state index contributed by atoms with van der Waals surface area (Å²) in [6, 6.07) is 4.08.